The molecule has 218 valence electrons. The van der Waals surface area contributed by atoms with Gasteiger partial charge in [0.2, 0.25) is 0 Å². The summed E-state index contributed by atoms with van der Waals surface area (Å²) < 4.78 is 29.2. The minimum absolute atomic E-state index is 0.0483. The van der Waals surface area contributed by atoms with Gasteiger partial charge in [-0.2, -0.15) is 0 Å². The maximum atomic E-state index is 13.7. The molecule has 2 N–H and O–H groups in total. The fourth-order valence-electron chi connectivity index (χ4n) is 5.17. The maximum absolute atomic E-state index is 13.7. The predicted octanol–water partition coefficient (Wildman–Crippen LogP) is 8.33. The fraction of sp³-hybridized carbons (Fsp3) is 0.469. The molecule has 0 saturated carbocycles. The van der Waals surface area contributed by atoms with E-state index in [2.05, 4.69) is 26.5 Å². The normalized spacial score (nSPS) is 19.5. The number of unbranched alkanes of at least 4 members (excludes halogenated alkanes) is 2. The second-order valence-corrected chi connectivity index (χ2v) is 12.3. The van der Waals surface area contributed by atoms with Gasteiger partial charge < -0.3 is 14.7 Å². The van der Waals surface area contributed by atoms with Crippen LogP contribution in [0, 0.1) is 5.92 Å². The van der Waals surface area contributed by atoms with Crippen LogP contribution in [0.5, 0.6) is 11.5 Å². The number of hydrogen-bond donors (Lipinski definition) is 2. The van der Waals surface area contributed by atoms with Gasteiger partial charge in [-0.1, -0.05) is 73.9 Å². The summed E-state index contributed by atoms with van der Waals surface area (Å²) in [7, 11) is -4.61. The van der Waals surface area contributed by atoms with Crippen molar-refractivity contribution in [3.8, 4) is 11.5 Å². The molecule has 4 atom stereocenters. The number of carbonyl (C=O) groups excluding carboxylic acids is 1. The average Bonchev–Trinajstić information content (AvgIpc) is 2.87. The number of phenols is 1. The number of ether oxygens (including phenoxy) is 1. The largest absolute Gasteiger partial charge is 0.507 e. The van der Waals surface area contributed by atoms with Gasteiger partial charge in [-0.15, -0.1) is 0 Å². The Labute approximate surface area is 238 Å². The fourth-order valence-corrected chi connectivity index (χ4v) is 6.23. The van der Waals surface area contributed by atoms with Gasteiger partial charge in [0, 0.05) is 11.5 Å². The number of aryl methyl sites for hydroxylation is 1. The molecule has 0 radical (unpaired) electrons. The van der Waals surface area contributed by atoms with E-state index in [-0.39, 0.29) is 23.3 Å². The maximum Gasteiger partial charge on any atom is 0.473 e. The Morgan fingerprint density at radius 2 is 1.85 bits per heavy atom. The van der Waals surface area contributed by atoms with Gasteiger partial charge in [-0.05, 0) is 82.6 Å². The molecule has 0 aliphatic heterocycles. The molecular formula is C32H43O7P. The minimum Gasteiger partial charge on any atom is -0.507 e. The van der Waals surface area contributed by atoms with Gasteiger partial charge in [0.1, 0.15) is 11.5 Å². The zero-order valence-electron chi connectivity index (χ0n) is 24.3. The minimum atomic E-state index is -4.61. The molecule has 0 heterocycles. The number of phosphoric acid groups is 1. The Kier molecular flexibility index (Phi) is 11.4. The van der Waals surface area contributed by atoms with Crippen LogP contribution >= 0.6 is 7.82 Å². The zero-order valence-corrected chi connectivity index (χ0v) is 25.2. The average molecular weight is 571 g/mol. The van der Waals surface area contributed by atoms with E-state index in [0.717, 1.165) is 43.2 Å². The van der Waals surface area contributed by atoms with Crippen LogP contribution in [0.4, 0.5) is 0 Å². The summed E-state index contributed by atoms with van der Waals surface area (Å²) >= 11 is 0. The van der Waals surface area contributed by atoms with Crippen molar-refractivity contribution >= 4 is 13.8 Å². The summed E-state index contributed by atoms with van der Waals surface area (Å²) in [6, 6.07) is 11.9. The lowest BCUT2D eigenvalue weighted by Gasteiger charge is -2.32. The van der Waals surface area contributed by atoms with Crippen LogP contribution in [-0.4, -0.2) is 22.1 Å². The molecule has 1 aliphatic carbocycles. The molecule has 3 rings (SSSR count). The number of hydrogen-bond acceptors (Lipinski definition) is 6. The monoisotopic (exact) mass is 570 g/mol. The van der Waals surface area contributed by atoms with E-state index >= 15 is 0 Å². The number of rotatable bonds is 13. The highest BCUT2D eigenvalue weighted by Crippen LogP contribution is 2.50. The van der Waals surface area contributed by atoms with E-state index in [1.165, 1.54) is 5.57 Å². The number of phenolic OH excluding ortho intramolecular Hbond substituents is 1. The summed E-state index contributed by atoms with van der Waals surface area (Å²) in [5.41, 5.74) is 3.84. The summed E-state index contributed by atoms with van der Waals surface area (Å²) in [6.07, 6.45) is 5.48. The molecule has 0 saturated heterocycles. The molecular weight excluding hydrogens is 527 g/mol. The highest BCUT2D eigenvalue weighted by Gasteiger charge is 2.36. The number of aromatic hydroxyl groups is 1. The summed E-state index contributed by atoms with van der Waals surface area (Å²) in [6.45, 7) is 13.5. The molecule has 2 aromatic rings. The molecule has 0 fully saturated rings. The van der Waals surface area contributed by atoms with Gasteiger partial charge in [0.25, 0.3) is 0 Å². The van der Waals surface area contributed by atoms with E-state index in [9.17, 15) is 19.4 Å². The number of benzene rings is 2. The molecule has 1 aliphatic rings. The summed E-state index contributed by atoms with van der Waals surface area (Å²) in [5, 5.41) is 11.3. The van der Waals surface area contributed by atoms with E-state index < -0.39 is 26.0 Å². The Morgan fingerprint density at radius 3 is 2.48 bits per heavy atom. The van der Waals surface area contributed by atoms with Gasteiger partial charge in [0.05, 0.1) is 6.10 Å². The van der Waals surface area contributed by atoms with Crippen LogP contribution < -0.4 is 4.74 Å². The lowest BCUT2D eigenvalue weighted by molar-refractivity contribution is -0.143. The molecule has 40 heavy (non-hydrogen) atoms. The van der Waals surface area contributed by atoms with Crippen molar-refractivity contribution in [3.05, 3.63) is 83.0 Å². The first-order chi connectivity index (χ1) is 18.9. The first-order valence-electron chi connectivity index (χ1n) is 14.1. The Balaban J connectivity index is 2.08. The molecule has 8 heteroatoms. The van der Waals surface area contributed by atoms with Crippen molar-refractivity contribution in [2.75, 3.05) is 0 Å². The highest BCUT2D eigenvalue weighted by molar-refractivity contribution is 7.47. The highest BCUT2D eigenvalue weighted by atomic mass is 31.2. The lowest BCUT2D eigenvalue weighted by atomic mass is 9.73. The van der Waals surface area contributed by atoms with Crippen molar-refractivity contribution in [1.82, 2.24) is 0 Å². The third kappa shape index (κ3) is 8.65. The predicted molar refractivity (Wildman–Crippen MR) is 157 cm³/mol. The summed E-state index contributed by atoms with van der Waals surface area (Å²) in [4.78, 5) is 24.1. The molecule has 2 aromatic carbocycles. The van der Waals surface area contributed by atoms with Crippen molar-refractivity contribution in [1.29, 1.82) is 0 Å². The van der Waals surface area contributed by atoms with Crippen molar-refractivity contribution in [2.45, 2.75) is 91.3 Å². The van der Waals surface area contributed by atoms with Crippen molar-refractivity contribution in [2.24, 2.45) is 5.92 Å². The van der Waals surface area contributed by atoms with Gasteiger partial charge in [-0.25, -0.2) is 9.36 Å². The third-order valence-electron chi connectivity index (χ3n) is 7.07. The number of phosphoric ester groups is 1. The second-order valence-electron chi connectivity index (χ2n) is 11.0. The van der Waals surface area contributed by atoms with Crippen LogP contribution in [0.3, 0.4) is 0 Å². The standard InChI is InChI=1S/C32H43O7P/c1-7-8-10-13-24-19-28(33)30(27-18-23(6)16-17-26(27)21(2)3)29(20-24)37-32(34)31(25-14-11-9-12-15-25)39-40(35,36)38-22(4)5/h9,11-12,14-15,18-20,22,26-27,31,33H,2,7-8,10,13,16-17H2,1,3-6H3,(H,35,36)/t26-,27+,31?/m0/s1. The molecule has 7 nitrogen and oxygen atoms in total. The number of allylic oxidation sites excluding steroid dienone is 3. The first kappa shape index (κ1) is 31.8. The topological polar surface area (TPSA) is 102 Å². The van der Waals surface area contributed by atoms with E-state index in [1.807, 2.05) is 6.92 Å². The number of carbonyl (C=O) groups is 1. The van der Waals surface area contributed by atoms with Crippen LogP contribution in [-0.2, 0) is 24.8 Å². The number of esters is 1. The molecule has 0 aromatic heterocycles. The van der Waals surface area contributed by atoms with Crippen molar-refractivity contribution < 1.29 is 33.1 Å². The Hall–Kier alpha value is -2.70. The Bertz CT molecular complexity index is 1250. The third-order valence-corrected chi connectivity index (χ3v) is 8.24. The Morgan fingerprint density at radius 1 is 1.15 bits per heavy atom. The van der Waals surface area contributed by atoms with Crippen LogP contribution in [0.15, 0.2) is 66.3 Å². The van der Waals surface area contributed by atoms with Crippen LogP contribution in [0.1, 0.15) is 95.4 Å². The van der Waals surface area contributed by atoms with E-state index in [4.69, 9.17) is 13.8 Å². The molecule has 0 amide bonds. The van der Waals surface area contributed by atoms with Crippen LogP contribution in [0.2, 0.25) is 0 Å². The first-order valence-corrected chi connectivity index (χ1v) is 15.6. The molecule has 2 unspecified atom stereocenters. The summed E-state index contributed by atoms with van der Waals surface area (Å²) in [5.74, 6) is -0.824. The van der Waals surface area contributed by atoms with Gasteiger partial charge in [-0.3, -0.25) is 9.05 Å². The smallest absolute Gasteiger partial charge is 0.473 e. The molecule has 0 bridgehead atoms. The van der Waals surface area contributed by atoms with E-state index in [1.54, 1.807) is 56.3 Å². The van der Waals surface area contributed by atoms with Gasteiger partial charge in [0.15, 0.2) is 6.10 Å². The second kappa shape index (κ2) is 14.3. The lowest BCUT2D eigenvalue weighted by Crippen LogP contribution is -2.24. The molecule has 0 spiro atoms. The quantitative estimate of drug-likeness (QED) is 0.0820. The van der Waals surface area contributed by atoms with Crippen molar-refractivity contribution in [3.63, 3.8) is 0 Å². The van der Waals surface area contributed by atoms with Gasteiger partial charge >= 0.3 is 13.8 Å². The van der Waals surface area contributed by atoms with E-state index in [0.29, 0.717) is 17.5 Å². The SMILES string of the molecule is C=C(C)[C@@H]1CCC(C)=C[C@H]1c1c(O)cc(CCCCC)cc1OC(=O)C(OP(=O)(O)OC(C)C)c1ccccc1. The zero-order chi connectivity index (χ0) is 29.4. The van der Waals surface area contributed by atoms with Crippen LogP contribution in [0.25, 0.3) is 0 Å².